The molecule has 0 amide bonds. The molecule has 0 saturated heterocycles. The van der Waals surface area contributed by atoms with Gasteiger partial charge in [0.2, 0.25) is 5.95 Å². The Kier molecular flexibility index (Phi) is 3.25. The van der Waals surface area contributed by atoms with E-state index in [9.17, 15) is 0 Å². The van der Waals surface area contributed by atoms with Crippen molar-refractivity contribution in [2.75, 3.05) is 0 Å². The summed E-state index contributed by atoms with van der Waals surface area (Å²) in [6.07, 6.45) is 0. The molecule has 8 rings (SSSR count). The van der Waals surface area contributed by atoms with Crippen molar-refractivity contribution < 1.29 is 4.74 Å². The largest absolute Gasteiger partial charge is 0.456 e. The Labute approximate surface area is 192 Å². The van der Waals surface area contributed by atoms with Crippen molar-refractivity contribution in [3.63, 3.8) is 0 Å². The minimum Gasteiger partial charge on any atom is -0.456 e. The molecule has 0 N–H and O–H groups in total. The maximum Gasteiger partial charge on any atom is 0.235 e. The Morgan fingerprint density at radius 3 is 2.61 bits per heavy atom. The van der Waals surface area contributed by atoms with E-state index in [0.29, 0.717) is 5.95 Å². The van der Waals surface area contributed by atoms with Gasteiger partial charge in [-0.2, -0.15) is 0 Å². The lowest BCUT2D eigenvalue weighted by atomic mass is 10.0. The second-order valence-electron chi connectivity index (χ2n) is 8.30. The van der Waals surface area contributed by atoms with Crippen molar-refractivity contribution in [1.82, 2.24) is 14.5 Å². The van der Waals surface area contributed by atoms with Gasteiger partial charge in [0.15, 0.2) is 0 Å². The molecule has 1 aliphatic heterocycles. The Morgan fingerprint density at radius 1 is 0.727 bits per heavy atom. The Bertz CT molecular complexity index is 1910. The molecule has 1 aliphatic rings. The van der Waals surface area contributed by atoms with Crippen molar-refractivity contribution in [3.8, 4) is 28.7 Å². The molecule has 0 fully saturated rings. The Hall–Kier alpha value is -4.22. The molecule has 0 radical (unpaired) electrons. The number of benzene rings is 4. The second-order valence-corrected chi connectivity index (χ2v) is 9.25. The molecular weight excluding hydrogens is 426 g/mol. The van der Waals surface area contributed by atoms with Crippen molar-refractivity contribution in [2.24, 2.45) is 0 Å². The van der Waals surface area contributed by atoms with E-state index >= 15 is 0 Å². The quantitative estimate of drug-likeness (QED) is 0.262. The summed E-state index contributed by atoms with van der Waals surface area (Å²) in [5.74, 6) is 2.30. The minimum atomic E-state index is 0.674. The summed E-state index contributed by atoms with van der Waals surface area (Å²) >= 11 is 1.76. The van der Waals surface area contributed by atoms with E-state index in [2.05, 4.69) is 58.5 Å². The molecular formula is C28H15N3OS. The molecule has 4 aromatic carbocycles. The summed E-state index contributed by atoms with van der Waals surface area (Å²) in [6.45, 7) is 0. The van der Waals surface area contributed by atoms with Gasteiger partial charge in [0, 0.05) is 21.0 Å². The van der Waals surface area contributed by atoms with Gasteiger partial charge >= 0.3 is 0 Å². The highest BCUT2D eigenvalue weighted by Crippen LogP contribution is 2.45. The van der Waals surface area contributed by atoms with Crippen LogP contribution in [0.4, 0.5) is 0 Å². The number of nitrogens with zero attached hydrogens (tertiary/aromatic N) is 3. The first-order chi connectivity index (χ1) is 16.3. The second kappa shape index (κ2) is 6.18. The average Bonchev–Trinajstić information content (AvgIpc) is 3.44. The van der Waals surface area contributed by atoms with E-state index in [4.69, 9.17) is 14.7 Å². The number of rotatable bonds is 1. The molecule has 5 heteroatoms. The molecule has 4 nitrogen and oxygen atoms in total. The lowest BCUT2D eigenvalue weighted by Crippen LogP contribution is -2.06. The number of para-hydroxylation sites is 2. The van der Waals surface area contributed by atoms with Gasteiger partial charge in [0.25, 0.3) is 0 Å². The first kappa shape index (κ1) is 17.3. The number of hydrogen-bond donors (Lipinski definition) is 0. The fraction of sp³-hybridized carbons (Fsp3) is 0. The van der Waals surface area contributed by atoms with Gasteiger partial charge in [0.1, 0.15) is 11.5 Å². The third-order valence-electron chi connectivity index (χ3n) is 6.48. The maximum absolute atomic E-state index is 6.17. The number of thiophene rings is 1. The summed E-state index contributed by atoms with van der Waals surface area (Å²) in [5, 5.41) is 6.79. The summed E-state index contributed by atoms with van der Waals surface area (Å²) in [6, 6.07) is 29.3. The molecule has 154 valence electrons. The van der Waals surface area contributed by atoms with E-state index in [-0.39, 0.29) is 0 Å². The minimum absolute atomic E-state index is 0.674. The predicted molar refractivity (Wildman–Crippen MR) is 135 cm³/mol. The molecule has 0 unspecified atom stereocenters. The van der Waals surface area contributed by atoms with Gasteiger partial charge in [-0.3, -0.25) is 4.57 Å². The van der Waals surface area contributed by atoms with E-state index < -0.39 is 0 Å². The molecule has 0 atom stereocenters. The van der Waals surface area contributed by atoms with Crippen LogP contribution in [0.2, 0.25) is 0 Å². The van der Waals surface area contributed by atoms with Gasteiger partial charge in [-0.25, -0.2) is 9.97 Å². The van der Waals surface area contributed by atoms with Gasteiger partial charge in [-0.15, -0.1) is 11.3 Å². The highest BCUT2D eigenvalue weighted by molar-refractivity contribution is 7.17. The lowest BCUT2D eigenvalue weighted by Gasteiger charge is -2.20. The van der Waals surface area contributed by atoms with Crippen LogP contribution >= 0.6 is 11.3 Å². The number of fused-ring (bicyclic) bond motifs is 6. The molecule has 0 saturated carbocycles. The highest BCUT2D eigenvalue weighted by atomic mass is 32.1. The van der Waals surface area contributed by atoms with Crippen molar-refractivity contribution in [1.29, 1.82) is 0 Å². The topological polar surface area (TPSA) is 39.9 Å². The molecule has 0 bridgehead atoms. The zero-order valence-electron chi connectivity index (χ0n) is 17.3. The standard InChI is InChI=1S/C28H15N3OS/c1-3-9-21-17(6-1)19-14-16-12-13-33-25(16)15-22(19)31(21)28-29-20-8-5-11-24-26(20)27(30-28)18-7-2-4-10-23(18)32-24/h1-15H. The van der Waals surface area contributed by atoms with Crippen LogP contribution in [0.15, 0.2) is 90.3 Å². The van der Waals surface area contributed by atoms with Crippen LogP contribution in [-0.4, -0.2) is 14.5 Å². The van der Waals surface area contributed by atoms with Crippen LogP contribution in [0, 0.1) is 0 Å². The fourth-order valence-corrected chi connectivity index (χ4v) is 5.83. The molecule has 4 heterocycles. The number of hydrogen-bond acceptors (Lipinski definition) is 4. The Morgan fingerprint density at radius 2 is 1.61 bits per heavy atom. The van der Waals surface area contributed by atoms with E-state index in [1.54, 1.807) is 11.3 Å². The smallest absolute Gasteiger partial charge is 0.235 e. The third-order valence-corrected chi connectivity index (χ3v) is 7.36. The van der Waals surface area contributed by atoms with Gasteiger partial charge in [0.05, 0.1) is 27.6 Å². The van der Waals surface area contributed by atoms with Crippen LogP contribution in [0.5, 0.6) is 11.5 Å². The van der Waals surface area contributed by atoms with Crippen molar-refractivity contribution in [2.45, 2.75) is 0 Å². The molecule has 0 spiro atoms. The number of aromatic nitrogens is 3. The van der Waals surface area contributed by atoms with Crippen LogP contribution in [0.3, 0.4) is 0 Å². The summed E-state index contributed by atoms with van der Waals surface area (Å²) in [5.41, 5.74) is 5.01. The zero-order chi connectivity index (χ0) is 21.5. The van der Waals surface area contributed by atoms with E-state index in [1.807, 2.05) is 36.4 Å². The van der Waals surface area contributed by atoms with Crippen LogP contribution in [0.1, 0.15) is 0 Å². The molecule has 33 heavy (non-hydrogen) atoms. The molecule has 7 aromatic rings. The number of ether oxygens (including phenoxy) is 1. The van der Waals surface area contributed by atoms with Gasteiger partial charge < -0.3 is 4.74 Å². The molecule has 3 aromatic heterocycles. The monoisotopic (exact) mass is 441 g/mol. The van der Waals surface area contributed by atoms with Crippen molar-refractivity contribution in [3.05, 3.63) is 90.3 Å². The highest BCUT2D eigenvalue weighted by Gasteiger charge is 2.24. The van der Waals surface area contributed by atoms with Crippen LogP contribution in [0.25, 0.3) is 60.0 Å². The first-order valence-corrected chi connectivity index (χ1v) is 11.7. The average molecular weight is 442 g/mol. The van der Waals surface area contributed by atoms with E-state index in [0.717, 1.165) is 44.7 Å². The SMILES string of the molecule is c1ccc2c(c1)Oc1cccc3nc(-n4c5ccccc5c5cc6ccsc6cc54)nc-2c13. The third kappa shape index (κ3) is 2.29. The summed E-state index contributed by atoms with van der Waals surface area (Å²) in [4.78, 5) is 10.2. The summed E-state index contributed by atoms with van der Waals surface area (Å²) < 4.78 is 9.63. The normalized spacial score (nSPS) is 12.5. The zero-order valence-corrected chi connectivity index (χ0v) is 18.1. The first-order valence-electron chi connectivity index (χ1n) is 10.8. The fourth-order valence-electron chi connectivity index (χ4n) is 5.03. The predicted octanol–water partition coefficient (Wildman–Crippen LogP) is 7.71. The maximum atomic E-state index is 6.17. The van der Waals surface area contributed by atoms with Crippen LogP contribution < -0.4 is 4.74 Å². The van der Waals surface area contributed by atoms with Gasteiger partial charge in [-0.1, -0.05) is 36.4 Å². The lowest BCUT2D eigenvalue weighted by molar-refractivity contribution is 0.486. The Balaban J connectivity index is 1.54. The van der Waals surface area contributed by atoms with E-state index in [1.165, 1.54) is 20.9 Å². The van der Waals surface area contributed by atoms with Gasteiger partial charge in [-0.05, 0) is 59.3 Å². The summed E-state index contributed by atoms with van der Waals surface area (Å²) in [7, 11) is 0. The molecule has 0 aliphatic carbocycles. The van der Waals surface area contributed by atoms with Crippen molar-refractivity contribution >= 4 is 54.1 Å². The van der Waals surface area contributed by atoms with Crippen LogP contribution in [-0.2, 0) is 0 Å².